The Morgan fingerprint density at radius 1 is 1.26 bits per heavy atom. The molecule has 104 valence electrons. The van der Waals surface area contributed by atoms with Gasteiger partial charge < -0.3 is 20.3 Å². The first kappa shape index (κ1) is 13.7. The van der Waals surface area contributed by atoms with E-state index in [0.717, 1.165) is 26.3 Å². The number of aliphatic imine (C=N–C) groups is 1. The van der Waals surface area contributed by atoms with E-state index in [4.69, 9.17) is 10.5 Å². The number of nitrogens with two attached hydrogens (primary N) is 1. The van der Waals surface area contributed by atoms with Crippen molar-refractivity contribution < 1.29 is 4.74 Å². The quantitative estimate of drug-likeness (QED) is 0.649. The Labute approximate surface area is 114 Å². The van der Waals surface area contributed by atoms with E-state index >= 15 is 0 Å². The van der Waals surface area contributed by atoms with Crippen LogP contribution in [0.25, 0.3) is 0 Å². The van der Waals surface area contributed by atoms with E-state index in [-0.39, 0.29) is 0 Å². The molecule has 0 spiro atoms. The molecule has 0 amide bonds. The fraction of sp³-hybridized carbons (Fsp3) is 0.500. The van der Waals surface area contributed by atoms with Crippen LogP contribution in [0.3, 0.4) is 0 Å². The lowest BCUT2D eigenvalue weighted by Crippen LogP contribution is -2.44. The molecule has 1 aromatic carbocycles. The number of morpholine rings is 1. The number of hydrogen-bond acceptors (Lipinski definition) is 3. The van der Waals surface area contributed by atoms with Gasteiger partial charge in [0.15, 0.2) is 5.96 Å². The molecular weight excluding hydrogens is 240 g/mol. The van der Waals surface area contributed by atoms with Gasteiger partial charge in [-0.1, -0.05) is 12.1 Å². The lowest BCUT2D eigenvalue weighted by Gasteiger charge is -2.27. The zero-order valence-electron chi connectivity index (χ0n) is 11.7. The SMILES string of the molecule is CN(C)c1ccc(CN=C(N)N2CCOCC2)cc1. The smallest absolute Gasteiger partial charge is 0.191 e. The van der Waals surface area contributed by atoms with Crippen molar-refractivity contribution in [1.29, 1.82) is 0 Å². The van der Waals surface area contributed by atoms with E-state index in [9.17, 15) is 0 Å². The summed E-state index contributed by atoms with van der Waals surface area (Å²) in [6, 6.07) is 8.36. The lowest BCUT2D eigenvalue weighted by molar-refractivity contribution is 0.0674. The fourth-order valence-electron chi connectivity index (χ4n) is 1.96. The monoisotopic (exact) mass is 262 g/mol. The highest BCUT2D eigenvalue weighted by atomic mass is 16.5. The number of ether oxygens (including phenoxy) is 1. The Balaban J connectivity index is 1.93. The third-order valence-electron chi connectivity index (χ3n) is 3.21. The normalized spacial score (nSPS) is 16.5. The molecule has 1 aliphatic heterocycles. The highest BCUT2D eigenvalue weighted by Crippen LogP contribution is 2.12. The van der Waals surface area contributed by atoms with Gasteiger partial charge in [0.2, 0.25) is 0 Å². The lowest BCUT2D eigenvalue weighted by atomic mass is 10.2. The highest BCUT2D eigenvalue weighted by molar-refractivity contribution is 5.78. The number of anilines is 1. The van der Waals surface area contributed by atoms with Gasteiger partial charge >= 0.3 is 0 Å². The summed E-state index contributed by atoms with van der Waals surface area (Å²) in [7, 11) is 4.06. The summed E-state index contributed by atoms with van der Waals surface area (Å²) in [6.07, 6.45) is 0. The van der Waals surface area contributed by atoms with Crippen LogP contribution >= 0.6 is 0 Å². The first-order valence-electron chi connectivity index (χ1n) is 6.55. The second-order valence-electron chi connectivity index (χ2n) is 4.83. The molecule has 1 saturated heterocycles. The van der Waals surface area contributed by atoms with Crippen molar-refractivity contribution in [2.45, 2.75) is 6.54 Å². The highest BCUT2D eigenvalue weighted by Gasteiger charge is 2.11. The van der Waals surface area contributed by atoms with Crippen molar-refractivity contribution in [2.75, 3.05) is 45.3 Å². The summed E-state index contributed by atoms with van der Waals surface area (Å²) < 4.78 is 5.29. The van der Waals surface area contributed by atoms with E-state index in [1.165, 1.54) is 11.3 Å². The van der Waals surface area contributed by atoms with E-state index in [0.29, 0.717) is 12.5 Å². The van der Waals surface area contributed by atoms with Crippen molar-refractivity contribution in [3.05, 3.63) is 29.8 Å². The summed E-state index contributed by atoms with van der Waals surface area (Å²) in [5, 5.41) is 0. The maximum absolute atomic E-state index is 5.99. The van der Waals surface area contributed by atoms with Crippen LogP contribution in [0.1, 0.15) is 5.56 Å². The van der Waals surface area contributed by atoms with Gasteiger partial charge in [0.1, 0.15) is 0 Å². The van der Waals surface area contributed by atoms with Gasteiger partial charge in [0.25, 0.3) is 0 Å². The predicted molar refractivity (Wildman–Crippen MR) is 78.5 cm³/mol. The minimum Gasteiger partial charge on any atom is -0.378 e. The van der Waals surface area contributed by atoms with Crippen molar-refractivity contribution in [1.82, 2.24) is 4.90 Å². The predicted octanol–water partition coefficient (Wildman–Crippen LogP) is 0.899. The maximum Gasteiger partial charge on any atom is 0.191 e. The number of benzene rings is 1. The van der Waals surface area contributed by atoms with Crippen LogP contribution < -0.4 is 10.6 Å². The fourth-order valence-corrected chi connectivity index (χ4v) is 1.96. The molecule has 0 unspecified atom stereocenters. The zero-order chi connectivity index (χ0) is 13.7. The molecular formula is C14H22N4O. The Bertz CT molecular complexity index is 422. The second-order valence-corrected chi connectivity index (χ2v) is 4.83. The number of guanidine groups is 1. The average Bonchev–Trinajstić information content (AvgIpc) is 2.46. The van der Waals surface area contributed by atoms with Crippen molar-refractivity contribution >= 4 is 11.6 Å². The first-order chi connectivity index (χ1) is 9.16. The summed E-state index contributed by atoms with van der Waals surface area (Å²) in [6.45, 7) is 3.74. The van der Waals surface area contributed by atoms with Crippen molar-refractivity contribution in [3.8, 4) is 0 Å². The Kier molecular flexibility index (Phi) is 4.63. The Hall–Kier alpha value is -1.75. The van der Waals surface area contributed by atoms with Gasteiger partial charge in [-0.05, 0) is 17.7 Å². The van der Waals surface area contributed by atoms with Crippen LogP contribution in [0.4, 0.5) is 5.69 Å². The van der Waals surface area contributed by atoms with Gasteiger partial charge in [-0.3, -0.25) is 0 Å². The largest absolute Gasteiger partial charge is 0.378 e. The molecule has 1 aromatic rings. The molecule has 2 rings (SSSR count). The standard InChI is InChI=1S/C14H22N4O/c1-17(2)13-5-3-12(4-6-13)11-16-14(15)18-7-9-19-10-8-18/h3-6H,7-11H2,1-2H3,(H2,15,16). The molecule has 0 atom stereocenters. The van der Waals surface area contributed by atoms with Crippen molar-refractivity contribution in [3.63, 3.8) is 0 Å². The molecule has 1 heterocycles. The van der Waals surface area contributed by atoms with Gasteiger partial charge in [0.05, 0.1) is 19.8 Å². The molecule has 5 heteroatoms. The van der Waals surface area contributed by atoms with Crippen molar-refractivity contribution in [2.24, 2.45) is 10.7 Å². The molecule has 0 aliphatic carbocycles. The van der Waals surface area contributed by atoms with E-state index in [1.54, 1.807) is 0 Å². The summed E-state index contributed by atoms with van der Waals surface area (Å²) in [4.78, 5) is 8.59. The van der Waals surface area contributed by atoms with Crippen LogP contribution in [0.5, 0.6) is 0 Å². The molecule has 0 saturated carbocycles. The van der Waals surface area contributed by atoms with Gasteiger partial charge in [0, 0.05) is 32.9 Å². The first-order valence-corrected chi connectivity index (χ1v) is 6.55. The summed E-state index contributed by atoms with van der Waals surface area (Å²) in [5.41, 5.74) is 8.34. The summed E-state index contributed by atoms with van der Waals surface area (Å²) >= 11 is 0. The van der Waals surface area contributed by atoms with E-state index < -0.39 is 0 Å². The third kappa shape index (κ3) is 3.86. The Morgan fingerprint density at radius 2 is 1.89 bits per heavy atom. The number of rotatable bonds is 3. The summed E-state index contributed by atoms with van der Waals surface area (Å²) in [5.74, 6) is 0.611. The van der Waals surface area contributed by atoms with E-state index in [2.05, 4.69) is 39.1 Å². The third-order valence-corrected chi connectivity index (χ3v) is 3.21. The molecule has 0 aromatic heterocycles. The number of nitrogens with zero attached hydrogens (tertiary/aromatic N) is 3. The molecule has 5 nitrogen and oxygen atoms in total. The van der Waals surface area contributed by atoms with Gasteiger partial charge in [-0.15, -0.1) is 0 Å². The molecule has 2 N–H and O–H groups in total. The van der Waals surface area contributed by atoms with Crippen LogP contribution in [0.2, 0.25) is 0 Å². The van der Waals surface area contributed by atoms with E-state index in [1.807, 2.05) is 14.1 Å². The topological polar surface area (TPSA) is 54.1 Å². The van der Waals surface area contributed by atoms with Crippen LogP contribution in [-0.2, 0) is 11.3 Å². The second kappa shape index (κ2) is 6.43. The Morgan fingerprint density at radius 3 is 2.47 bits per heavy atom. The molecule has 19 heavy (non-hydrogen) atoms. The minimum atomic E-state index is 0.611. The minimum absolute atomic E-state index is 0.611. The molecule has 0 bridgehead atoms. The molecule has 1 aliphatic rings. The van der Waals surface area contributed by atoms with Gasteiger partial charge in [-0.25, -0.2) is 4.99 Å². The average molecular weight is 262 g/mol. The zero-order valence-corrected chi connectivity index (χ0v) is 11.7. The molecule has 0 radical (unpaired) electrons. The van der Waals surface area contributed by atoms with Crippen LogP contribution in [0.15, 0.2) is 29.3 Å². The van der Waals surface area contributed by atoms with Crippen LogP contribution in [-0.4, -0.2) is 51.3 Å². The maximum atomic E-state index is 5.99. The number of hydrogen-bond donors (Lipinski definition) is 1. The molecule has 1 fully saturated rings. The van der Waals surface area contributed by atoms with Crippen LogP contribution in [0, 0.1) is 0 Å². The van der Waals surface area contributed by atoms with Gasteiger partial charge in [-0.2, -0.15) is 0 Å².